The average Bonchev–Trinajstić information content (AvgIpc) is 2.85. The van der Waals surface area contributed by atoms with Crippen molar-refractivity contribution in [1.82, 2.24) is 14.1 Å². The summed E-state index contributed by atoms with van der Waals surface area (Å²) in [5, 5.41) is 7.18. The van der Waals surface area contributed by atoms with E-state index in [1.165, 1.54) is 10.4 Å². The second kappa shape index (κ2) is 9.90. The highest BCUT2D eigenvalue weighted by Crippen LogP contribution is 2.27. The van der Waals surface area contributed by atoms with Gasteiger partial charge in [-0.25, -0.2) is 13.1 Å². The minimum atomic E-state index is -3.63. The summed E-state index contributed by atoms with van der Waals surface area (Å²) in [6, 6.07) is 16.1. The van der Waals surface area contributed by atoms with Crippen molar-refractivity contribution in [3.63, 3.8) is 0 Å². The van der Waals surface area contributed by atoms with Gasteiger partial charge in [0, 0.05) is 30.4 Å². The Kier molecular flexibility index (Phi) is 6.95. The van der Waals surface area contributed by atoms with E-state index in [0.717, 1.165) is 23.9 Å². The molecule has 1 amide bonds. The molecule has 9 heteroatoms. The number of aryl methyl sites for hydroxylation is 1. The molecule has 1 aliphatic heterocycles. The fraction of sp³-hybridized carbons (Fsp3) is 0.320. The Hall–Kier alpha value is -3.30. The number of nitrogens with zero attached hydrogens (tertiary/aromatic N) is 3. The van der Waals surface area contributed by atoms with Gasteiger partial charge in [-0.1, -0.05) is 36.8 Å². The molecule has 0 radical (unpaired) electrons. The molecule has 2 heterocycles. The Balaban J connectivity index is 1.65. The molecule has 0 saturated carbocycles. The van der Waals surface area contributed by atoms with E-state index in [9.17, 15) is 18.0 Å². The Labute approximate surface area is 199 Å². The van der Waals surface area contributed by atoms with Crippen molar-refractivity contribution in [3.05, 3.63) is 76.6 Å². The molecule has 0 unspecified atom stereocenters. The Morgan fingerprint density at radius 1 is 1.00 bits per heavy atom. The van der Waals surface area contributed by atoms with E-state index in [2.05, 4.69) is 10.4 Å². The summed E-state index contributed by atoms with van der Waals surface area (Å²) in [4.78, 5) is 25.5. The van der Waals surface area contributed by atoms with Gasteiger partial charge in [-0.15, -0.1) is 0 Å². The second-order valence-electron chi connectivity index (χ2n) is 8.48. The van der Waals surface area contributed by atoms with Crippen LogP contribution >= 0.6 is 0 Å². The number of benzene rings is 2. The lowest BCUT2D eigenvalue weighted by molar-refractivity contribution is -0.119. The number of rotatable bonds is 6. The maximum absolute atomic E-state index is 13.3. The number of sulfonamides is 1. The molecule has 34 heavy (non-hydrogen) atoms. The third kappa shape index (κ3) is 4.95. The van der Waals surface area contributed by atoms with Gasteiger partial charge in [0.05, 0.1) is 10.6 Å². The molecule has 1 aliphatic rings. The Morgan fingerprint density at radius 3 is 2.41 bits per heavy atom. The highest BCUT2D eigenvalue weighted by Gasteiger charge is 2.28. The largest absolute Gasteiger partial charge is 0.324 e. The van der Waals surface area contributed by atoms with Crippen LogP contribution in [0.1, 0.15) is 37.8 Å². The van der Waals surface area contributed by atoms with E-state index in [4.69, 9.17) is 0 Å². The van der Waals surface area contributed by atoms with Crippen LogP contribution in [0.4, 0.5) is 5.69 Å². The fourth-order valence-corrected chi connectivity index (χ4v) is 5.79. The molecule has 178 valence electrons. The van der Waals surface area contributed by atoms with Crippen LogP contribution in [-0.4, -0.2) is 41.5 Å². The van der Waals surface area contributed by atoms with Crippen LogP contribution in [0.25, 0.3) is 11.3 Å². The number of nitrogens with one attached hydrogen (secondary N) is 1. The molecule has 2 aromatic carbocycles. The van der Waals surface area contributed by atoms with E-state index in [1.54, 1.807) is 62.4 Å². The number of hydrogen-bond donors (Lipinski definition) is 1. The van der Waals surface area contributed by atoms with Crippen molar-refractivity contribution < 1.29 is 13.2 Å². The number of piperidine rings is 1. The van der Waals surface area contributed by atoms with Crippen LogP contribution in [0.2, 0.25) is 0 Å². The van der Waals surface area contributed by atoms with Crippen LogP contribution in [0, 0.1) is 6.92 Å². The van der Waals surface area contributed by atoms with Crippen molar-refractivity contribution in [2.24, 2.45) is 0 Å². The van der Waals surface area contributed by atoms with Gasteiger partial charge in [0.25, 0.3) is 5.56 Å². The van der Waals surface area contributed by atoms with Gasteiger partial charge >= 0.3 is 0 Å². The zero-order valence-corrected chi connectivity index (χ0v) is 20.1. The molecule has 3 aromatic rings. The third-order valence-electron chi connectivity index (χ3n) is 6.03. The summed E-state index contributed by atoms with van der Waals surface area (Å²) >= 11 is 0. The van der Waals surface area contributed by atoms with Gasteiger partial charge in [0.2, 0.25) is 15.9 Å². The number of anilines is 1. The molecule has 8 nitrogen and oxygen atoms in total. The minimum absolute atomic E-state index is 0.237. The molecule has 1 N–H and O–H groups in total. The van der Waals surface area contributed by atoms with Gasteiger partial charge in [0.15, 0.2) is 0 Å². The SMILES string of the molecule is Cc1ccc(-c2ccc(=O)n([C@H](C)C(=O)Nc3ccccc3)n2)cc1S(=O)(=O)N1CCCCC1. The summed E-state index contributed by atoms with van der Waals surface area (Å²) in [6.45, 7) is 4.40. The van der Waals surface area contributed by atoms with E-state index >= 15 is 0 Å². The Morgan fingerprint density at radius 2 is 1.71 bits per heavy atom. The van der Waals surface area contributed by atoms with E-state index in [1.807, 2.05) is 6.07 Å². The Bertz CT molecular complexity index is 1350. The molecule has 4 rings (SSSR count). The molecule has 0 spiro atoms. The van der Waals surface area contributed by atoms with E-state index in [0.29, 0.717) is 35.6 Å². The van der Waals surface area contributed by atoms with Crippen molar-refractivity contribution in [2.45, 2.75) is 44.0 Å². The first kappa shape index (κ1) is 23.8. The topological polar surface area (TPSA) is 101 Å². The fourth-order valence-electron chi connectivity index (χ4n) is 4.02. The first-order valence-corrected chi connectivity index (χ1v) is 12.8. The first-order valence-electron chi connectivity index (χ1n) is 11.3. The number of aromatic nitrogens is 2. The summed E-state index contributed by atoms with van der Waals surface area (Å²) in [5.41, 5.74) is 1.82. The number of amides is 1. The van der Waals surface area contributed by atoms with Crippen LogP contribution in [0.3, 0.4) is 0 Å². The van der Waals surface area contributed by atoms with Crippen LogP contribution in [-0.2, 0) is 14.8 Å². The monoisotopic (exact) mass is 480 g/mol. The molecular weight excluding hydrogens is 452 g/mol. The molecule has 1 atom stereocenters. The number of carbonyl (C=O) groups excluding carboxylic acids is 1. The highest BCUT2D eigenvalue weighted by molar-refractivity contribution is 7.89. The molecule has 0 aliphatic carbocycles. The maximum Gasteiger partial charge on any atom is 0.267 e. The quantitative estimate of drug-likeness (QED) is 0.581. The van der Waals surface area contributed by atoms with Gasteiger partial charge in [0.1, 0.15) is 6.04 Å². The van der Waals surface area contributed by atoms with Gasteiger partial charge < -0.3 is 5.32 Å². The van der Waals surface area contributed by atoms with Gasteiger partial charge in [-0.2, -0.15) is 9.40 Å². The molecular formula is C25H28N4O4S. The second-order valence-corrected chi connectivity index (χ2v) is 10.4. The lowest BCUT2D eigenvalue weighted by Crippen LogP contribution is -2.36. The first-order chi connectivity index (χ1) is 16.3. The summed E-state index contributed by atoms with van der Waals surface area (Å²) in [7, 11) is -3.63. The summed E-state index contributed by atoms with van der Waals surface area (Å²) < 4.78 is 29.2. The van der Waals surface area contributed by atoms with Crippen LogP contribution in [0.5, 0.6) is 0 Å². The van der Waals surface area contributed by atoms with E-state index in [-0.39, 0.29) is 10.8 Å². The van der Waals surface area contributed by atoms with Gasteiger partial charge in [-0.05, 0) is 56.5 Å². The van der Waals surface area contributed by atoms with Crippen LogP contribution in [0.15, 0.2) is 70.4 Å². The van der Waals surface area contributed by atoms with E-state index < -0.39 is 21.6 Å². The maximum atomic E-state index is 13.3. The standard InChI is InChI=1S/C25H28N4O4S/c1-18-11-12-20(17-23(18)34(32,33)28-15-7-4-8-16-28)22-13-14-24(30)29(27-22)19(2)25(31)26-21-9-5-3-6-10-21/h3,5-6,9-14,17,19H,4,7-8,15-16H2,1-2H3,(H,26,31)/t19-/m1/s1. The number of hydrogen-bond acceptors (Lipinski definition) is 5. The van der Waals surface area contributed by atoms with Crippen molar-refractivity contribution in [3.8, 4) is 11.3 Å². The number of para-hydroxylation sites is 1. The minimum Gasteiger partial charge on any atom is -0.324 e. The van der Waals surface area contributed by atoms with Crippen molar-refractivity contribution in [1.29, 1.82) is 0 Å². The number of carbonyl (C=O) groups is 1. The molecule has 1 aromatic heterocycles. The highest BCUT2D eigenvalue weighted by atomic mass is 32.2. The molecule has 1 saturated heterocycles. The lowest BCUT2D eigenvalue weighted by Gasteiger charge is -2.26. The predicted molar refractivity (Wildman–Crippen MR) is 131 cm³/mol. The third-order valence-corrected chi connectivity index (χ3v) is 8.07. The van der Waals surface area contributed by atoms with Gasteiger partial charge in [-0.3, -0.25) is 9.59 Å². The lowest BCUT2D eigenvalue weighted by atomic mass is 10.1. The summed E-state index contributed by atoms with van der Waals surface area (Å²) in [5.74, 6) is -0.379. The molecule has 1 fully saturated rings. The predicted octanol–water partition coefficient (Wildman–Crippen LogP) is 3.59. The van der Waals surface area contributed by atoms with Crippen molar-refractivity contribution in [2.75, 3.05) is 18.4 Å². The zero-order chi connectivity index (χ0) is 24.3. The zero-order valence-electron chi connectivity index (χ0n) is 19.3. The molecule has 0 bridgehead atoms. The smallest absolute Gasteiger partial charge is 0.267 e. The van der Waals surface area contributed by atoms with Crippen molar-refractivity contribution >= 4 is 21.6 Å². The normalized spacial score (nSPS) is 15.6. The van der Waals surface area contributed by atoms with Crippen LogP contribution < -0.4 is 10.9 Å². The average molecular weight is 481 g/mol. The summed E-state index contributed by atoms with van der Waals surface area (Å²) in [6.07, 6.45) is 2.74.